The van der Waals surface area contributed by atoms with Crippen LogP contribution in [0.4, 0.5) is 0 Å². The zero-order valence-electron chi connectivity index (χ0n) is 51.0. The fourth-order valence-corrected chi connectivity index (χ4v) is 10.3. The van der Waals surface area contributed by atoms with E-state index in [0.29, 0.717) is 23.9 Å². The van der Waals surface area contributed by atoms with Gasteiger partial charge in [0.2, 0.25) is 5.91 Å². The normalized spacial score (nSPS) is 13.9. The Hall–Kier alpha value is -2.03. The van der Waals surface area contributed by atoms with E-state index in [0.717, 1.165) is 89.9 Å². The molecule has 0 saturated carbocycles. The molecule has 2 N–H and O–H groups in total. The number of carbonyl (C=O) groups is 2. The van der Waals surface area contributed by atoms with E-state index in [1.54, 1.807) is 0 Å². The van der Waals surface area contributed by atoms with Crippen LogP contribution < -0.4 is 5.32 Å². The van der Waals surface area contributed by atoms with Crippen LogP contribution in [0.1, 0.15) is 310 Å². The van der Waals surface area contributed by atoms with Crippen molar-refractivity contribution in [3.8, 4) is 0 Å². The Labute approximate surface area is 471 Å². The number of rotatable bonds is 59. The second-order valence-electron chi connectivity index (χ2n) is 23.3. The molecule has 0 rings (SSSR count). The molecule has 0 fully saturated rings. The number of hydrogen-bond acceptors (Lipinski definition) is 6. The fourth-order valence-electron chi connectivity index (χ4n) is 9.55. The van der Waals surface area contributed by atoms with E-state index in [1.807, 2.05) is 33.3 Å². The predicted molar refractivity (Wildman–Crippen MR) is 328 cm³/mol. The first-order chi connectivity index (χ1) is 36.9. The Balaban J connectivity index is 5.09. The van der Waals surface area contributed by atoms with Crippen LogP contribution in [0.3, 0.4) is 0 Å². The maximum Gasteiger partial charge on any atom is 0.472 e. The average molecular weight is 1090 g/mol. The third kappa shape index (κ3) is 56.7. The molecule has 3 atom stereocenters. The van der Waals surface area contributed by atoms with Crippen LogP contribution in [0.25, 0.3) is 0 Å². The van der Waals surface area contributed by atoms with Crippen molar-refractivity contribution in [1.29, 1.82) is 0 Å². The van der Waals surface area contributed by atoms with Crippen LogP contribution in [-0.2, 0) is 27.9 Å². The molecule has 0 spiro atoms. The number of nitrogens with zero attached hydrogens (tertiary/aromatic N) is 1. The van der Waals surface area contributed by atoms with Gasteiger partial charge in [0.05, 0.1) is 33.8 Å². The van der Waals surface area contributed by atoms with Gasteiger partial charge in [-0.25, -0.2) is 4.57 Å². The highest BCUT2D eigenvalue weighted by Gasteiger charge is 2.30. The Morgan fingerprint density at radius 2 is 0.842 bits per heavy atom. The number of ether oxygens (including phenoxy) is 1. The number of carbonyl (C=O) groups excluding carboxylic acids is 2. The number of nitrogens with one attached hydrogen (secondary N) is 1. The van der Waals surface area contributed by atoms with Crippen LogP contribution >= 0.6 is 7.82 Å². The van der Waals surface area contributed by atoms with Gasteiger partial charge in [0, 0.05) is 12.8 Å². The topological polar surface area (TPSA) is 111 Å². The number of likely N-dealkylation sites (N-methyl/N-ethyl adjacent to an activating group) is 1. The lowest BCUT2D eigenvalue weighted by Crippen LogP contribution is -2.47. The minimum atomic E-state index is -4.45. The standard InChI is InChI=1S/C66H125N2O7P/c1-7-10-13-16-19-22-25-27-29-31-32-33-34-35-36-37-39-41-44-47-50-53-56-59-66(70)75-64(57-54-51-48-45-42-24-21-18-15-12-9-3)63(62-74-76(71,72)73-61-60-68(4,5)6)67-65(69)58-55-52-49-46-43-40-38-30-28-26-23-20-17-14-11-8-2/h11,14,20,23,28,30,54,57,63-64H,7-10,12-13,15-19,21-22,24-27,29,31-53,55-56,58-62H2,1-6H3,(H-,67,69,71,72)/p+1/b14-11+,23-20+,30-28+,57-54-. The van der Waals surface area contributed by atoms with Crippen molar-refractivity contribution in [1.82, 2.24) is 5.32 Å². The van der Waals surface area contributed by atoms with Gasteiger partial charge in [-0.15, -0.1) is 0 Å². The van der Waals surface area contributed by atoms with E-state index < -0.39 is 20.0 Å². The summed E-state index contributed by atoms with van der Waals surface area (Å²) in [6.07, 6.45) is 69.8. The Morgan fingerprint density at radius 3 is 1.26 bits per heavy atom. The highest BCUT2D eigenvalue weighted by molar-refractivity contribution is 7.47. The molecule has 0 aromatic rings. The van der Waals surface area contributed by atoms with Crippen molar-refractivity contribution in [2.75, 3.05) is 40.9 Å². The summed E-state index contributed by atoms with van der Waals surface area (Å²) in [6, 6.07) is -0.853. The SMILES string of the molecule is CC/C=C/C/C=C/C/C=C/CCCCCCCCC(=O)NC(COP(=O)(O)OCC[N+](C)(C)C)C(/C=C\CCCCCCCCCCC)OC(=O)CCCCCCCCCCCCCCCCCCCCCCCCC. The van der Waals surface area contributed by atoms with Crippen LogP contribution in [0.15, 0.2) is 48.6 Å². The van der Waals surface area contributed by atoms with Gasteiger partial charge in [0.25, 0.3) is 0 Å². The van der Waals surface area contributed by atoms with Crippen LogP contribution in [-0.4, -0.2) is 74.3 Å². The van der Waals surface area contributed by atoms with Crippen molar-refractivity contribution in [3.63, 3.8) is 0 Å². The Bertz CT molecular complexity index is 1440. The van der Waals surface area contributed by atoms with Gasteiger partial charge in [0.15, 0.2) is 0 Å². The first-order valence-electron chi connectivity index (χ1n) is 32.5. The van der Waals surface area contributed by atoms with Gasteiger partial charge in [-0.2, -0.15) is 0 Å². The predicted octanol–water partition coefficient (Wildman–Crippen LogP) is 20.1. The molecule has 0 saturated heterocycles. The van der Waals surface area contributed by atoms with Gasteiger partial charge >= 0.3 is 13.8 Å². The van der Waals surface area contributed by atoms with E-state index in [2.05, 4.69) is 62.5 Å². The second-order valence-corrected chi connectivity index (χ2v) is 24.7. The number of esters is 1. The summed E-state index contributed by atoms with van der Waals surface area (Å²) in [4.78, 5) is 37.7. The van der Waals surface area contributed by atoms with Crippen LogP contribution in [0, 0.1) is 0 Å². The third-order valence-electron chi connectivity index (χ3n) is 14.5. The van der Waals surface area contributed by atoms with Gasteiger partial charge < -0.3 is 19.4 Å². The zero-order chi connectivity index (χ0) is 55.7. The summed E-state index contributed by atoms with van der Waals surface area (Å²) >= 11 is 0. The monoisotopic (exact) mass is 1090 g/mol. The van der Waals surface area contributed by atoms with Crippen molar-refractivity contribution in [2.24, 2.45) is 0 Å². The fraction of sp³-hybridized carbons (Fsp3) is 0.848. The molecule has 0 aliphatic heterocycles. The number of quaternary nitrogens is 1. The van der Waals surface area contributed by atoms with Gasteiger partial charge in [-0.1, -0.05) is 282 Å². The van der Waals surface area contributed by atoms with E-state index in [4.69, 9.17) is 13.8 Å². The number of amides is 1. The van der Waals surface area contributed by atoms with Crippen molar-refractivity contribution in [2.45, 2.75) is 322 Å². The van der Waals surface area contributed by atoms with E-state index in [-0.39, 0.29) is 25.1 Å². The molecule has 0 aliphatic rings. The van der Waals surface area contributed by atoms with Crippen LogP contribution in [0.5, 0.6) is 0 Å². The number of allylic oxidation sites excluding steroid dienone is 7. The summed E-state index contributed by atoms with van der Waals surface area (Å²) in [7, 11) is 1.49. The smallest absolute Gasteiger partial charge is 0.456 e. The molecule has 0 bridgehead atoms. The summed E-state index contributed by atoms with van der Waals surface area (Å²) in [5, 5.41) is 3.05. The molecule has 3 unspecified atom stereocenters. The maximum absolute atomic E-state index is 13.5. The highest BCUT2D eigenvalue weighted by Crippen LogP contribution is 2.43. The van der Waals surface area contributed by atoms with E-state index in [1.165, 1.54) is 186 Å². The van der Waals surface area contributed by atoms with Crippen molar-refractivity contribution >= 4 is 19.7 Å². The molecule has 0 aromatic carbocycles. The average Bonchev–Trinajstić information content (AvgIpc) is 3.38. The van der Waals surface area contributed by atoms with E-state index in [9.17, 15) is 19.0 Å². The molecule has 0 aliphatic carbocycles. The second kappa shape index (κ2) is 56.3. The molecule has 0 heterocycles. The van der Waals surface area contributed by atoms with Gasteiger partial charge in [0.1, 0.15) is 19.3 Å². The molecular formula is C66H126N2O7P+. The zero-order valence-corrected chi connectivity index (χ0v) is 51.9. The molecule has 0 aromatic heterocycles. The number of unbranched alkanes of at least 4 members (excludes halogenated alkanes) is 37. The van der Waals surface area contributed by atoms with Crippen molar-refractivity contribution < 1.29 is 37.3 Å². The molecule has 9 nitrogen and oxygen atoms in total. The lowest BCUT2D eigenvalue weighted by Gasteiger charge is -2.27. The lowest BCUT2D eigenvalue weighted by molar-refractivity contribution is -0.870. The molecule has 1 amide bonds. The maximum atomic E-state index is 13.5. The number of phosphoric ester groups is 1. The minimum absolute atomic E-state index is 0.0383. The summed E-state index contributed by atoms with van der Waals surface area (Å²) < 4.78 is 30.7. The summed E-state index contributed by atoms with van der Waals surface area (Å²) in [6.45, 7) is 6.92. The summed E-state index contributed by atoms with van der Waals surface area (Å²) in [5.74, 6) is -0.509. The van der Waals surface area contributed by atoms with Gasteiger partial charge in [-0.3, -0.25) is 18.6 Å². The third-order valence-corrected chi connectivity index (χ3v) is 15.5. The van der Waals surface area contributed by atoms with Gasteiger partial charge in [-0.05, 0) is 63.9 Å². The largest absolute Gasteiger partial charge is 0.472 e. The molecule has 76 heavy (non-hydrogen) atoms. The molecular weight excluding hydrogens is 964 g/mol. The Morgan fingerprint density at radius 1 is 0.474 bits per heavy atom. The van der Waals surface area contributed by atoms with Crippen LogP contribution in [0.2, 0.25) is 0 Å². The first kappa shape index (κ1) is 74.0. The molecule has 10 heteroatoms. The summed E-state index contributed by atoms with van der Waals surface area (Å²) in [5.41, 5.74) is 0. The van der Waals surface area contributed by atoms with Crippen molar-refractivity contribution in [3.05, 3.63) is 48.6 Å². The van der Waals surface area contributed by atoms with E-state index >= 15 is 0 Å². The minimum Gasteiger partial charge on any atom is -0.456 e. The molecule has 0 radical (unpaired) electrons. The number of hydrogen-bond donors (Lipinski definition) is 2. The number of phosphoric acid groups is 1. The molecule has 446 valence electrons. The highest BCUT2D eigenvalue weighted by atomic mass is 31.2. The lowest BCUT2D eigenvalue weighted by atomic mass is 10.0. The Kier molecular flexibility index (Phi) is 54.7. The quantitative estimate of drug-likeness (QED) is 0.0205. The first-order valence-corrected chi connectivity index (χ1v) is 34.0.